The van der Waals surface area contributed by atoms with E-state index in [9.17, 15) is 44.7 Å². The van der Waals surface area contributed by atoms with E-state index in [2.05, 4.69) is 38.2 Å². The van der Waals surface area contributed by atoms with Crippen LogP contribution in [0.25, 0.3) is 0 Å². The van der Waals surface area contributed by atoms with E-state index in [0.717, 1.165) is 18.4 Å². The minimum absolute atomic E-state index is 0.0723. The van der Waals surface area contributed by atoms with Crippen LogP contribution in [0.15, 0.2) is 76.9 Å². The van der Waals surface area contributed by atoms with Crippen molar-refractivity contribution in [1.29, 1.82) is 0 Å². The molecule has 0 saturated carbocycles. The van der Waals surface area contributed by atoms with E-state index < -0.39 is 102 Å². The zero-order valence-electron chi connectivity index (χ0n) is 35.1. The molecule has 1 amide bonds. The third-order valence-electron chi connectivity index (χ3n) is 12.2. The highest BCUT2D eigenvalue weighted by Crippen LogP contribution is 2.52. The predicted octanol–water partition coefficient (Wildman–Crippen LogP) is 5.69. The van der Waals surface area contributed by atoms with Gasteiger partial charge in [-0.3, -0.25) is 19.2 Å². The molecule has 1 fully saturated rings. The van der Waals surface area contributed by atoms with Crippen molar-refractivity contribution < 1.29 is 58.9 Å². The Bertz CT molecular complexity index is 2260. The molecule has 6 N–H and O–H groups in total. The fourth-order valence-electron chi connectivity index (χ4n) is 8.97. The van der Waals surface area contributed by atoms with Gasteiger partial charge >= 0.3 is 0 Å². The van der Waals surface area contributed by atoms with Gasteiger partial charge in [-0.1, -0.05) is 67.5 Å². The second kappa shape index (κ2) is 17.4. The molecule has 320 valence electrons. The summed E-state index contributed by atoms with van der Waals surface area (Å²) in [6.07, 6.45) is 8.72. The first-order valence-corrected chi connectivity index (χ1v) is 20.3. The molecule has 0 bridgehead atoms. The number of aromatic hydroxyl groups is 2. The van der Waals surface area contributed by atoms with E-state index in [1.54, 1.807) is 19.9 Å². The van der Waals surface area contributed by atoms with Crippen molar-refractivity contribution in [2.45, 2.75) is 116 Å². The van der Waals surface area contributed by atoms with Crippen LogP contribution in [0, 0.1) is 5.41 Å². The summed E-state index contributed by atoms with van der Waals surface area (Å²) in [4.78, 5) is 54.0. The third-order valence-corrected chi connectivity index (χ3v) is 12.2. The van der Waals surface area contributed by atoms with Gasteiger partial charge in [0.25, 0.3) is 0 Å². The Morgan fingerprint density at radius 3 is 2.43 bits per heavy atom. The Labute approximate surface area is 349 Å². The van der Waals surface area contributed by atoms with Crippen molar-refractivity contribution >= 4 is 23.3 Å². The van der Waals surface area contributed by atoms with Gasteiger partial charge in [-0.15, -0.1) is 0 Å². The summed E-state index contributed by atoms with van der Waals surface area (Å²) in [7, 11) is 1.32. The molecular formula is C47H55NO12. The maximum atomic E-state index is 14.0. The summed E-state index contributed by atoms with van der Waals surface area (Å²) in [6, 6.07) is 3.45. The number of carbonyl (C=O) groups is 4. The summed E-state index contributed by atoms with van der Waals surface area (Å²) in [5.74, 6) is -4.48. The molecule has 0 aromatic heterocycles. The number of hydrogen-bond acceptors (Lipinski definition) is 12. The lowest BCUT2D eigenvalue weighted by Crippen LogP contribution is -2.55. The Kier molecular flexibility index (Phi) is 12.9. The van der Waals surface area contributed by atoms with Crippen LogP contribution >= 0.6 is 0 Å². The van der Waals surface area contributed by atoms with E-state index in [4.69, 9.17) is 14.2 Å². The second-order valence-electron chi connectivity index (χ2n) is 17.0. The fraction of sp³-hybridized carbons (Fsp3) is 0.447. The monoisotopic (exact) mass is 825 g/mol. The molecule has 0 unspecified atom stereocenters. The molecule has 4 aliphatic rings. The zero-order valence-corrected chi connectivity index (χ0v) is 35.1. The average molecular weight is 826 g/mol. The summed E-state index contributed by atoms with van der Waals surface area (Å²) >= 11 is 0. The summed E-state index contributed by atoms with van der Waals surface area (Å²) < 4.78 is 17.6. The molecule has 2 aromatic rings. The number of aliphatic hydroxyl groups is 3. The maximum absolute atomic E-state index is 14.0. The van der Waals surface area contributed by atoms with E-state index in [1.165, 1.54) is 49.0 Å². The Hall–Kier alpha value is -5.18. The predicted molar refractivity (Wildman–Crippen MR) is 222 cm³/mol. The van der Waals surface area contributed by atoms with E-state index in [0.29, 0.717) is 5.57 Å². The van der Waals surface area contributed by atoms with Crippen LogP contribution in [0.2, 0.25) is 0 Å². The van der Waals surface area contributed by atoms with Crippen LogP contribution in [0.3, 0.4) is 0 Å². The molecule has 13 nitrogen and oxygen atoms in total. The molecule has 1 heterocycles. The summed E-state index contributed by atoms with van der Waals surface area (Å²) in [6.45, 7) is 11.0. The number of aliphatic hydroxyl groups excluding tert-OH is 2. The number of hydrogen-bond donors (Lipinski definition) is 6. The van der Waals surface area contributed by atoms with Crippen molar-refractivity contribution in [3.63, 3.8) is 0 Å². The number of ketones is 3. The minimum Gasteiger partial charge on any atom is -0.507 e. The van der Waals surface area contributed by atoms with Gasteiger partial charge in [-0.2, -0.15) is 0 Å². The number of phenols is 2. The quantitative estimate of drug-likeness (QED) is 0.0783. The number of amides is 1. The third kappa shape index (κ3) is 8.55. The highest BCUT2D eigenvalue weighted by molar-refractivity contribution is 6.31. The fourth-order valence-corrected chi connectivity index (χ4v) is 8.97. The highest BCUT2D eigenvalue weighted by Gasteiger charge is 2.50. The van der Waals surface area contributed by atoms with Gasteiger partial charge in [0.05, 0.1) is 42.0 Å². The van der Waals surface area contributed by atoms with Gasteiger partial charge in [-0.25, -0.2) is 0 Å². The van der Waals surface area contributed by atoms with Crippen molar-refractivity contribution in [1.82, 2.24) is 5.32 Å². The highest BCUT2D eigenvalue weighted by atomic mass is 16.7. The van der Waals surface area contributed by atoms with Crippen molar-refractivity contribution in [3.05, 3.63) is 110 Å². The molecule has 60 heavy (non-hydrogen) atoms. The molecule has 2 aromatic carbocycles. The largest absolute Gasteiger partial charge is 0.507 e. The Balaban J connectivity index is 1.22. The van der Waals surface area contributed by atoms with E-state index >= 15 is 0 Å². The zero-order chi connectivity index (χ0) is 43.8. The number of phenolic OH excluding ortho intramolecular Hbond substituents is 2. The number of allylic oxidation sites excluding steroid dienone is 9. The number of rotatable bonds is 11. The lowest BCUT2D eigenvalue weighted by molar-refractivity contribution is -0.249. The number of ether oxygens (including phenoxy) is 3. The standard InChI is InChI=1S/C47H55NO12/c1-24(16-17-30-26(3)13-10-18-46(30,5)6)11-8-12-25(2)19-35(51)48-31-20-36(59-27(4)41(31)52)60-33-22-47(57,34(50)23-49)21-29-38(33)45(56)40-39(43(29)54)42(53)28-14-9-15-32(58-7)37(28)44(40)55/h8-9,11-12,14-17,19,27,31,33,36,41,49,52,54,56-57H,10,13,18,20-23H2,1-7H3,(H,48,51)/b12-8+,17-16+,24-11+,25-19+/t27-,31-,33-,36-,41+,47-/m0/s1. The van der Waals surface area contributed by atoms with Crippen LogP contribution in [0.1, 0.15) is 123 Å². The smallest absolute Gasteiger partial charge is 0.244 e. The van der Waals surface area contributed by atoms with Crippen LogP contribution < -0.4 is 10.1 Å². The number of Topliss-reactive ketones (excluding diaryl/α,β-unsaturated/α-hetero) is 1. The van der Waals surface area contributed by atoms with Gasteiger partial charge in [0.15, 0.2) is 17.9 Å². The molecule has 13 heteroatoms. The molecule has 1 aliphatic heterocycles. The number of benzene rings is 2. The normalized spacial score (nSPS) is 26.9. The van der Waals surface area contributed by atoms with Crippen LogP contribution in [-0.2, 0) is 25.5 Å². The van der Waals surface area contributed by atoms with Crippen LogP contribution in [-0.4, -0.2) is 92.6 Å². The minimum atomic E-state index is -2.33. The Morgan fingerprint density at radius 2 is 1.75 bits per heavy atom. The summed E-state index contributed by atoms with van der Waals surface area (Å²) in [5, 5.41) is 58.7. The lowest BCUT2D eigenvalue weighted by Gasteiger charge is -2.42. The number of methoxy groups -OCH3 is 1. The second-order valence-corrected chi connectivity index (χ2v) is 17.0. The molecule has 0 radical (unpaired) electrons. The van der Waals surface area contributed by atoms with Gasteiger partial charge in [0, 0.05) is 42.0 Å². The van der Waals surface area contributed by atoms with Gasteiger partial charge in [-0.05, 0) is 69.6 Å². The maximum Gasteiger partial charge on any atom is 0.244 e. The van der Waals surface area contributed by atoms with Gasteiger partial charge in [0.2, 0.25) is 11.7 Å². The van der Waals surface area contributed by atoms with Crippen molar-refractivity contribution in [2.75, 3.05) is 13.7 Å². The first kappa shape index (κ1) is 44.4. The lowest BCUT2D eigenvalue weighted by atomic mass is 9.72. The number of fused-ring (bicyclic) bond motifs is 3. The first-order valence-electron chi connectivity index (χ1n) is 20.3. The van der Waals surface area contributed by atoms with Crippen LogP contribution in [0.4, 0.5) is 0 Å². The first-order chi connectivity index (χ1) is 28.3. The van der Waals surface area contributed by atoms with Gasteiger partial charge < -0.3 is 45.1 Å². The molecular weight excluding hydrogens is 771 g/mol. The molecule has 6 rings (SSSR count). The van der Waals surface area contributed by atoms with E-state index in [1.807, 2.05) is 19.1 Å². The number of nitrogens with one attached hydrogen (secondary N) is 1. The molecule has 0 spiro atoms. The SMILES string of the molecule is COc1cccc2c1C(=O)c1c(O)c3c(c(O)c1C2=O)C[C@@](O)(C(=O)CO)C[C@@H]3O[C@H]1C[C@H](NC(=O)/C=C(C)/C=C/C=C(C)/C=C/C2=C(C)CCCC2(C)C)[C@H](O)[C@H](C)O1. The topological polar surface area (TPSA) is 209 Å². The Morgan fingerprint density at radius 1 is 1.03 bits per heavy atom. The van der Waals surface area contributed by atoms with Crippen molar-refractivity contribution in [3.8, 4) is 17.2 Å². The number of carbonyl (C=O) groups excluding carboxylic acids is 4. The molecule has 1 saturated heterocycles. The van der Waals surface area contributed by atoms with Crippen molar-refractivity contribution in [2.24, 2.45) is 5.41 Å². The molecule has 3 aliphatic carbocycles. The average Bonchev–Trinajstić information content (AvgIpc) is 3.18. The summed E-state index contributed by atoms with van der Waals surface area (Å²) in [5.41, 5.74) is 0.672. The van der Waals surface area contributed by atoms with Crippen LogP contribution in [0.5, 0.6) is 17.2 Å². The van der Waals surface area contributed by atoms with Gasteiger partial charge in [0.1, 0.15) is 35.6 Å². The van der Waals surface area contributed by atoms with E-state index in [-0.39, 0.29) is 39.8 Å². The molecule has 6 atom stereocenters.